The topological polar surface area (TPSA) is 26.0 Å². The Labute approximate surface area is 94.7 Å². The molecule has 0 atom stereocenters. The van der Waals surface area contributed by atoms with Gasteiger partial charge in [-0.1, -0.05) is 12.1 Å². The van der Waals surface area contributed by atoms with Crippen molar-refractivity contribution in [3.63, 3.8) is 0 Å². The summed E-state index contributed by atoms with van der Waals surface area (Å²) in [4.78, 5) is 0. The Hall–Kier alpha value is -1.83. The molecule has 0 aromatic heterocycles. The minimum Gasteiger partial charge on any atom is -0.399 e. The number of anilines is 1. The molecule has 0 unspecified atom stereocenters. The zero-order valence-electron chi connectivity index (χ0n) is 9.42. The summed E-state index contributed by atoms with van der Waals surface area (Å²) in [5, 5.41) is 0. The predicted molar refractivity (Wildman–Crippen MR) is 65.7 cm³/mol. The molecule has 0 amide bonds. The molecule has 2 heteroatoms. The molecule has 0 bridgehead atoms. The van der Waals surface area contributed by atoms with E-state index in [0.29, 0.717) is 5.69 Å². The second-order valence-electron chi connectivity index (χ2n) is 4.15. The fraction of sp³-hybridized carbons (Fsp3) is 0.143. The van der Waals surface area contributed by atoms with E-state index in [4.69, 9.17) is 5.73 Å². The molecule has 0 fully saturated rings. The molecule has 0 aliphatic rings. The van der Waals surface area contributed by atoms with Crippen LogP contribution < -0.4 is 5.73 Å². The average molecular weight is 215 g/mol. The summed E-state index contributed by atoms with van der Waals surface area (Å²) < 4.78 is 13.3. The number of halogens is 1. The van der Waals surface area contributed by atoms with Gasteiger partial charge in [-0.2, -0.15) is 0 Å². The van der Waals surface area contributed by atoms with Gasteiger partial charge in [-0.3, -0.25) is 0 Å². The second kappa shape index (κ2) is 3.97. The van der Waals surface area contributed by atoms with Crippen molar-refractivity contribution in [1.82, 2.24) is 0 Å². The summed E-state index contributed by atoms with van der Waals surface area (Å²) in [7, 11) is 0. The maximum Gasteiger partial charge on any atom is 0.124 e. The lowest BCUT2D eigenvalue weighted by Crippen LogP contribution is -1.89. The van der Waals surface area contributed by atoms with Crippen molar-refractivity contribution in [2.75, 3.05) is 5.73 Å². The second-order valence-corrected chi connectivity index (χ2v) is 4.15. The van der Waals surface area contributed by atoms with E-state index >= 15 is 0 Å². The van der Waals surface area contributed by atoms with Crippen molar-refractivity contribution in [3.05, 3.63) is 53.3 Å². The molecule has 0 saturated carbocycles. The first kappa shape index (κ1) is 10.7. The molecule has 2 N–H and O–H groups in total. The first-order chi connectivity index (χ1) is 7.54. The number of nitrogens with two attached hydrogens (primary N) is 1. The largest absolute Gasteiger partial charge is 0.399 e. The van der Waals surface area contributed by atoms with Gasteiger partial charge in [-0.05, 0) is 60.4 Å². The minimum absolute atomic E-state index is 0.213. The normalized spacial score (nSPS) is 10.4. The molecule has 2 aromatic carbocycles. The molecule has 82 valence electrons. The Balaban J connectivity index is 2.57. The summed E-state index contributed by atoms with van der Waals surface area (Å²) in [6.45, 7) is 3.86. The van der Waals surface area contributed by atoms with Crippen molar-refractivity contribution in [3.8, 4) is 11.1 Å². The zero-order valence-corrected chi connectivity index (χ0v) is 9.42. The van der Waals surface area contributed by atoms with Crippen molar-refractivity contribution < 1.29 is 4.39 Å². The first-order valence-electron chi connectivity index (χ1n) is 5.19. The van der Waals surface area contributed by atoms with E-state index in [2.05, 4.69) is 0 Å². The molecule has 16 heavy (non-hydrogen) atoms. The Morgan fingerprint density at radius 2 is 1.38 bits per heavy atom. The number of benzene rings is 2. The van der Waals surface area contributed by atoms with Crippen LogP contribution in [0.4, 0.5) is 10.1 Å². The number of nitrogen functional groups attached to an aromatic ring is 1. The van der Waals surface area contributed by atoms with Gasteiger partial charge < -0.3 is 5.73 Å². The highest BCUT2D eigenvalue weighted by Gasteiger charge is 2.02. The van der Waals surface area contributed by atoms with Gasteiger partial charge in [0, 0.05) is 5.69 Å². The van der Waals surface area contributed by atoms with Crippen LogP contribution in [0, 0.1) is 19.7 Å². The average Bonchev–Trinajstić information content (AvgIpc) is 2.14. The van der Waals surface area contributed by atoms with Crippen molar-refractivity contribution in [1.29, 1.82) is 0 Å². The number of aryl methyl sites for hydroxylation is 2. The summed E-state index contributed by atoms with van der Waals surface area (Å²) in [5.41, 5.74) is 10.3. The predicted octanol–water partition coefficient (Wildman–Crippen LogP) is 3.69. The van der Waals surface area contributed by atoms with Gasteiger partial charge in [0.1, 0.15) is 5.82 Å². The zero-order chi connectivity index (χ0) is 11.7. The third-order valence-electron chi connectivity index (χ3n) is 2.48. The van der Waals surface area contributed by atoms with Gasteiger partial charge in [0.25, 0.3) is 0 Å². The summed E-state index contributed by atoms with van der Waals surface area (Å²) >= 11 is 0. The third kappa shape index (κ3) is 2.22. The van der Waals surface area contributed by atoms with E-state index in [1.807, 2.05) is 38.1 Å². The smallest absolute Gasteiger partial charge is 0.124 e. The van der Waals surface area contributed by atoms with E-state index in [9.17, 15) is 4.39 Å². The highest BCUT2D eigenvalue weighted by molar-refractivity contribution is 5.69. The molecule has 2 aromatic rings. The molecule has 0 aliphatic heterocycles. The number of hydrogen-bond acceptors (Lipinski definition) is 1. The van der Waals surface area contributed by atoms with Gasteiger partial charge in [0.15, 0.2) is 0 Å². The number of rotatable bonds is 1. The lowest BCUT2D eigenvalue weighted by molar-refractivity contribution is 0.627. The van der Waals surface area contributed by atoms with Gasteiger partial charge in [-0.25, -0.2) is 4.39 Å². The number of hydrogen-bond donors (Lipinski definition) is 1. The maximum atomic E-state index is 13.3. The summed E-state index contributed by atoms with van der Waals surface area (Å²) in [6, 6.07) is 10.8. The van der Waals surface area contributed by atoms with Crippen molar-refractivity contribution in [2.24, 2.45) is 0 Å². The standard InChI is InChI=1S/C14H14FN/c1-9-3-11(7-13(15)5-9)12-4-10(2)6-14(16)8-12/h3-8H,16H2,1-2H3. The quantitative estimate of drug-likeness (QED) is 0.721. The lowest BCUT2D eigenvalue weighted by Gasteiger charge is -2.06. The summed E-state index contributed by atoms with van der Waals surface area (Å²) in [5.74, 6) is -0.213. The van der Waals surface area contributed by atoms with Crippen LogP contribution >= 0.6 is 0 Å². The fourth-order valence-corrected chi connectivity index (χ4v) is 1.88. The van der Waals surface area contributed by atoms with Gasteiger partial charge >= 0.3 is 0 Å². The van der Waals surface area contributed by atoms with Crippen LogP contribution in [0.5, 0.6) is 0 Å². The minimum atomic E-state index is -0.213. The molecule has 1 nitrogen and oxygen atoms in total. The highest BCUT2D eigenvalue weighted by Crippen LogP contribution is 2.25. The molecular weight excluding hydrogens is 201 g/mol. The van der Waals surface area contributed by atoms with Crippen LogP contribution in [0.3, 0.4) is 0 Å². The Kier molecular flexibility index (Phi) is 2.65. The van der Waals surface area contributed by atoms with Gasteiger partial charge in [0.2, 0.25) is 0 Å². The maximum absolute atomic E-state index is 13.3. The van der Waals surface area contributed by atoms with Crippen LogP contribution in [-0.4, -0.2) is 0 Å². The molecule has 2 rings (SSSR count). The monoisotopic (exact) mass is 215 g/mol. The molecule has 0 saturated heterocycles. The van der Waals surface area contributed by atoms with E-state index < -0.39 is 0 Å². The van der Waals surface area contributed by atoms with E-state index in [1.165, 1.54) is 12.1 Å². The fourth-order valence-electron chi connectivity index (χ4n) is 1.88. The first-order valence-corrected chi connectivity index (χ1v) is 5.19. The van der Waals surface area contributed by atoms with Crippen LogP contribution in [0.2, 0.25) is 0 Å². The molecule has 0 aliphatic carbocycles. The van der Waals surface area contributed by atoms with Crippen molar-refractivity contribution >= 4 is 5.69 Å². The molecule has 0 radical (unpaired) electrons. The summed E-state index contributed by atoms with van der Waals surface area (Å²) in [6.07, 6.45) is 0. The Morgan fingerprint density at radius 3 is 1.94 bits per heavy atom. The van der Waals surface area contributed by atoms with Crippen LogP contribution in [-0.2, 0) is 0 Å². The SMILES string of the molecule is Cc1cc(N)cc(-c2cc(C)cc(F)c2)c1. The van der Waals surface area contributed by atoms with E-state index in [0.717, 1.165) is 22.3 Å². The van der Waals surface area contributed by atoms with Gasteiger partial charge in [0.05, 0.1) is 0 Å². The highest BCUT2D eigenvalue weighted by atomic mass is 19.1. The lowest BCUT2D eigenvalue weighted by atomic mass is 10.0. The van der Waals surface area contributed by atoms with Crippen molar-refractivity contribution in [2.45, 2.75) is 13.8 Å². The Morgan fingerprint density at radius 1 is 0.812 bits per heavy atom. The van der Waals surface area contributed by atoms with E-state index in [-0.39, 0.29) is 5.82 Å². The third-order valence-corrected chi connectivity index (χ3v) is 2.48. The van der Waals surface area contributed by atoms with E-state index in [1.54, 1.807) is 0 Å². The molecular formula is C14H14FN. The molecule has 0 heterocycles. The molecule has 0 spiro atoms. The van der Waals surface area contributed by atoms with Crippen LogP contribution in [0.15, 0.2) is 36.4 Å². The van der Waals surface area contributed by atoms with Gasteiger partial charge in [-0.15, -0.1) is 0 Å². The van der Waals surface area contributed by atoms with Crippen LogP contribution in [0.1, 0.15) is 11.1 Å². The van der Waals surface area contributed by atoms with Crippen LogP contribution in [0.25, 0.3) is 11.1 Å². The Bertz CT molecular complexity index is 442.